The number of aliphatic imine (C=N–C) groups is 1. The summed E-state index contributed by atoms with van der Waals surface area (Å²) in [6.07, 6.45) is 6.30. The molecule has 1 aliphatic carbocycles. The Labute approximate surface area is 79.2 Å². The van der Waals surface area contributed by atoms with Gasteiger partial charge in [-0.05, 0) is 29.0 Å². The Morgan fingerprint density at radius 3 is 3.08 bits per heavy atom. The molecule has 0 aromatic heterocycles. The second kappa shape index (κ2) is 2.98. The van der Waals surface area contributed by atoms with Gasteiger partial charge in [0.05, 0.1) is 5.71 Å². The van der Waals surface area contributed by atoms with Crippen LogP contribution < -0.4 is 0 Å². The van der Waals surface area contributed by atoms with Gasteiger partial charge in [-0.3, -0.25) is 4.79 Å². The fourth-order valence-corrected chi connectivity index (χ4v) is 1.84. The first-order chi connectivity index (χ1) is 5.75. The van der Waals surface area contributed by atoms with Gasteiger partial charge in [-0.1, -0.05) is 22.0 Å². The highest BCUT2D eigenvalue weighted by molar-refractivity contribution is 9.11. The molecule has 0 unspecified atom stereocenters. The molecule has 2 nitrogen and oxygen atoms in total. The Hall–Kier alpha value is -0.700. The predicted octanol–water partition coefficient (Wildman–Crippen LogP) is 2.36. The van der Waals surface area contributed by atoms with Crippen LogP contribution in [-0.2, 0) is 4.79 Å². The Bertz CT molecular complexity index is 325. The summed E-state index contributed by atoms with van der Waals surface area (Å²) in [4.78, 5) is 14.9. The zero-order chi connectivity index (χ0) is 8.55. The molecule has 0 spiro atoms. The SMILES string of the molecule is O=C1CC=C2C=C(Br)CCC2=N1. The minimum atomic E-state index is -0.0137. The van der Waals surface area contributed by atoms with E-state index in [2.05, 4.69) is 27.0 Å². The number of fused-ring (bicyclic) bond motifs is 1. The van der Waals surface area contributed by atoms with Crippen molar-refractivity contribution in [2.45, 2.75) is 19.3 Å². The zero-order valence-electron chi connectivity index (χ0n) is 6.51. The summed E-state index contributed by atoms with van der Waals surface area (Å²) >= 11 is 3.45. The van der Waals surface area contributed by atoms with Crippen molar-refractivity contribution >= 4 is 27.5 Å². The van der Waals surface area contributed by atoms with Crippen LogP contribution in [0.1, 0.15) is 19.3 Å². The summed E-state index contributed by atoms with van der Waals surface area (Å²) in [7, 11) is 0. The molecule has 1 amide bonds. The first-order valence-electron chi connectivity index (χ1n) is 3.93. The molecular formula is C9H8BrNO. The second-order valence-electron chi connectivity index (χ2n) is 2.91. The lowest BCUT2D eigenvalue weighted by molar-refractivity contribution is -0.117. The van der Waals surface area contributed by atoms with Gasteiger partial charge >= 0.3 is 0 Å². The molecule has 62 valence electrons. The molecule has 2 aliphatic rings. The lowest BCUT2D eigenvalue weighted by atomic mass is 9.96. The van der Waals surface area contributed by atoms with E-state index in [1.807, 2.05) is 6.08 Å². The third kappa shape index (κ3) is 1.41. The van der Waals surface area contributed by atoms with Gasteiger partial charge in [0.25, 0.3) is 0 Å². The number of carbonyl (C=O) groups is 1. The molecular weight excluding hydrogens is 218 g/mol. The van der Waals surface area contributed by atoms with Crippen molar-refractivity contribution in [2.75, 3.05) is 0 Å². The molecule has 0 N–H and O–H groups in total. The third-order valence-corrected chi connectivity index (χ3v) is 2.63. The van der Waals surface area contributed by atoms with E-state index in [1.54, 1.807) is 0 Å². The minimum absolute atomic E-state index is 0.0137. The number of dihydropyridines is 1. The molecule has 12 heavy (non-hydrogen) atoms. The van der Waals surface area contributed by atoms with E-state index in [4.69, 9.17) is 0 Å². The number of rotatable bonds is 0. The molecule has 1 aliphatic heterocycles. The van der Waals surface area contributed by atoms with Crippen LogP contribution in [0, 0.1) is 0 Å². The van der Waals surface area contributed by atoms with Gasteiger partial charge in [0.15, 0.2) is 0 Å². The highest BCUT2D eigenvalue weighted by Crippen LogP contribution is 2.26. The average molecular weight is 226 g/mol. The van der Waals surface area contributed by atoms with Crippen LogP contribution in [0.5, 0.6) is 0 Å². The van der Waals surface area contributed by atoms with Crippen molar-refractivity contribution in [3.8, 4) is 0 Å². The minimum Gasteiger partial charge on any atom is -0.272 e. The summed E-state index contributed by atoms with van der Waals surface area (Å²) < 4.78 is 1.20. The maximum absolute atomic E-state index is 10.9. The molecule has 1 heterocycles. The van der Waals surface area contributed by atoms with E-state index in [1.165, 1.54) is 4.48 Å². The Morgan fingerprint density at radius 2 is 2.25 bits per heavy atom. The molecule has 3 heteroatoms. The standard InChI is InChI=1S/C9H8BrNO/c10-7-2-3-8-6(5-7)1-4-9(12)11-8/h1,5H,2-4H2. The normalized spacial score (nSPS) is 22.4. The van der Waals surface area contributed by atoms with Gasteiger partial charge in [-0.2, -0.15) is 0 Å². The summed E-state index contributed by atoms with van der Waals surface area (Å²) in [5.41, 5.74) is 2.07. The molecule has 2 rings (SSSR count). The zero-order valence-corrected chi connectivity index (χ0v) is 8.10. The van der Waals surface area contributed by atoms with E-state index in [0.717, 1.165) is 24.1 Å². The van der Waals surface area contributed by atoms with E-state index in [0.29, 0.717) is 6.42 Å². The summed E-state index contributed by atoms with van der Waals surface area (Å²) in [5, 5.41) is 0. The number of hydrogen-bond donors (Lipinski definition) is 0. The Kier molecular flexibility index (Phi) is 1.97. The maximum Gasteiger partial charge on any atom is 0.249 e. The average Bonchev–Trinajstić information content (AvgIpc) is 2.05. The lowest BCUT2D eigenvalue weighted by Gasteiger charge is -2.16. The fraction of sp³-hybridized carbons (Fsp3) is 0.333. The largest absolute Gasteiger partial charge is 0.272 e. The first kappa shape index (κ1) is 7.92. The number of carbonyl (C=O) groups excluding carboxylic acids is 1. The maximum atomic E-state index is 10.9. The van der Waals surface area contributed by atoms with Gasteiger partial charge in [0, 0.05) is 6.42 Å². The number of allylic oxidation sites excluding steroid dienone is 3. The first-order valence-corrected chi connectivity index (χ1v) is 4.72. The number of halogens is 1. The van der Waals surface area contributed by atoms with E-state index >= 15 is 0 Å². The summed E-state index contributed by atoms with van der Waals surface area (Å²) in [6.45, 7) is 0. The Morgan fingerprint density at radius 1 is 1.42 bits per heavy atom. The van der Waals surface area contributed by atoms with Gasteiger partial charge in [0.1, 0.15) is 0 Å². The van der Waals surface area contributed by atoms with E-state index < -0.39 is 0 Å². The quantitative estimate of drug-likeness (QED) is 0.623. The monoisotopic (exact) mass is 225 g/mol. The van der Waals surface area contributed by atoms with Crippen molar-refractivity contribution in [3.63, 3.8) is 0 Å². The molecule has 0 aromatic rings. The van der Waals surface area contributed by atoms with Crippen molar-refractivity contribution in [3.05, 3.63) is 22.2 Å². The van der Waals surface area contributed by atoms with Gasteiger partial charge < -0.3 is 0 Å². The highest BCUT2D eigenvalue weighted by atomic mass is 79.9. The molecule has 0 saturated carbocycles. The lowest BCUT2D eigenvalue weighted by Crippen LogP contribution is -2.13. The van der Waals surface area contributed by atoms with Gasteiger partial charge in [-0.25, -0.2) is 4.99 Å². The van der Waals surface area contributed by atoms with Crippen LogP contribution in [-0.4, -0.2) is 11.6 Å². The van der Waals surface area contributed by atoms with Gasteiger partial charge in [0.2, 0.25) is 5.91 Å². The molecule has 0 atom stereocenters. The van der Waals surface area contributed by atoms with Crippen LogP contribution in [0.2, 0.25) is 0 Å². The van der Waals surface area contributed by atoms with Gasteiger partial charge in [-0.15, -0.1) is 0 Å². The van der Waals surface area contributed by atoms with Crippen molar-refractivity contribution in [2.24, 2.45) is 4.99 Å². The van der Waals surface area contributed by atoms with Crippen LogP contribution in [0.15, 0.2) is 27.2 Å². The molecule has 0 aromatic carbocycles. The molecule has 0 radical (unpaired) electrons. The van der Waals surface area contributed by atoms with Crippen LogP contribution in [0.25, 0.3) is 0 Å². The third-order valence-electron chi connectivity index (χ3n) is 2.00. The molecule has 0 saturated heterocycles. The Balaban J connectivity index is 2.37. The van der Waals surface area contributed by atoms with Crippen molar-refractivity contribution < 1.29 is 4.79 Å². The van der Waals surface area contributed by atoms with Crippen molar-refractivity contribution in [1.29, 1.82) is 0 Å². The van der Waals surface area contributed by atoms with Crippen LogP contribution >= 0.6 is 15.9 Å². The number of amides is 1. The predicted molar refractivity (Wildman–Crippen MR) is 51.4 cm³/mol. The number of nitrogens with zero attached hydrogens (tertiary/aromatic N) is 1. The summed E-state index contributed by atoms with van der Waals surface area (Å²) in [5.74, 6) is -0.0137. The molecule has 0 fully saturated rings. The van der Waals surface area contributed by atoms with Crippen LogP contribution in [0.3, 0.4) is 0 Å². The topological polar surface area (TPSA) is 29.4 Å². The van der Waals surface area contributed by atoms with Crippen LogP contribution in [0.4, 0.5) is 0 Å². The smallest absolute Gasteiger partial charge is 0.249 e. The van der Waals surface area contributed by atoms with Crippen molar-refractivity contribution in [1.82, 2.24) is 0 Å². The summed E-state index contributed by atoms with van der Waals surface area (Å²) in [6, 6.07) is 0. The fourth-order valence-electron chi connectivity index (χ4n) is 1.40. The second-order valence-corrected chi connectivity index (χ2v) is 3.93. The van der Waals surface area contributed by atoms with E-state index in [9.17, 15) is 4.79 Å². The molecule has 0 bridgehead atoms. The van der Waals surface area contributed by atoms with E-state index in [-0.39, 0.29) is 5.91 Å². The highest BCUT2D eigenvalue weighted by Gasteiger charge is 2.17. The number of hydrogen-bond acceptors (Lipinski definition) is 1.